The molecule has 3 rings (SSSR count). The molecule has 0 aliphatic rings. The summed E-state index contributed by atoms with van der Waals surface area (Å²) in [5.74, 6) is -1.35. The standard InChI is InChI=1S/C16H10F5N3/c17-11-4-1-9(2-5-11)10-3-6-12(18)14(7-10)24-15(16(19,20)21)13(22)8-23-24/h1-8H,22H2. The van der Waals surface area contributed by atoms with E-state index in [1.165, 1.54) is 36.4 Å². The number of benzene rings is 2. The lowest BCUT2D eigenvalue weighted by molar-refractivity contribution is -0.142. The van der Waals surface area contributed by atoms with E-state index in [9.17, 15) is 22.0 Å². The van der Waals surface area contributed by atoms with E-state index in [-0.39, 0.29) is 0 Å². The highest BCUT2D eigenvalue weighted by Gasteiger charge is 2.38. The lowest BCUT2D eigenvalue weighted by Crippen LogP contribution is -2.16. The molecule has 0 saturated carbocycles. The largest absolute Gasteiger partial charge is 0.435 e. The van der Waals surface area contributed by atoms with Crippen LogP contribution in [0.5, 0.6) is 0 Å². The fourth-order valence-electron chi connectivity index (χ4n) is 2.32. The minimum atomic E-state index is -4.79. The fourth-order valence-corrected chi connectivity index (χ4v) is 2.32. The summed E-state index contributed by atoms with van der Waals surface area (Å²) >= 11 is 0. The van der Waals surface area contributed by atoms with Crippen LogP contribution in [0.15, 0.2) is 48.7 Å². The summed E-state index contributed by atoms with van der Waals surface area (Å²) in [6.07, 6.45) is -3.98. The van der Waals surface area contributed by atoms with Gasteiger partial charge in [0.1, 0.15) is 17.3 Å². The minimum Gasteiger partial charge on any atom is -0.396 e. The molecule has 2 aromatic carbocycles. The topological polar surface area (TPSA) is 43.8 Å². The van der Waals surface area contributed by atoms with Crippen LogP contribution in [0.25, 0.3) is 16.8 Å². The van der Waals surface area contributed by atoms with E-state index >= 15 is 0 Å². The summed E-state index contributed by atoms with van der Waals surface area (Å²) in [6, 6.07) is 8.88. The van der Waals surface area contributed by atoms with Gasteiger partial charge in [0.15, 0.2) is 5.69 Å². The van der Waals surface area contributed by atoms with Crippen molar-refractivity contribution in [2.75, 3.05) is 5.73 Å². The predicted molar refractivity (Wildman–Crippen MR) is 78.3 cm³/mol. The minimum absolute atomic E-state index is 0.402. The molecule has 24 heavy (non-hydrogen) atoms. The van der Waals surface area contributed by atoms with Gasteiger partial charge in [0.05, 0.1) is 11.9 Å². The first kappa shape index (κ1) is 16.0. The van der Waals surface area contributed by atoms with Gasteiger partial charge in [-0.1, -0.05) is 18.2 Å². The number of nitrogens with zero attached hydrogens (tertiary/aromatic N) is 2. The van der Waals surface area contributed by atoms with Crippen LogP contribution in [-0.2, 0) is 6.18 Å². The van der Waals surface area contributed by atoms with E-state index in [4.69, 9.17) is 5.73 Å². The molecular weight excluding hydrogens is 329 g/mol. The second-order valence-corrected chi connectivity index (χ2v) is 5.03. The highest BCUT2D eigenvalue weighted by Crippen LogP contribution is 2.36. The fraction of sp³-hybridized carbons (Fsp3) is 0.0625. The van der Waals surface area contributed by atoms with Gasteiger partial charge in [-0.2, -0.15) is 18.3 Å². The molecule has 0 atom stereocenters. The molecular formula is C16H10F5N3. The molecule has 0 saturated heterocycles. The van der Waals surface area contributed by atoms with E-state index in [1.807, 2.05) is 0 Å². The van der Waals surface area contributed by atoms with Gasteiger partial charge >= 0.3 is 6.18 Å². The Bertz CT molecular complexity index is 882. The van der Waals surface area contributed by atoms with Gasteiger partial charge in [0.2, 0.25) is 0 Å². The van der Waals surface area contributed by atoms with Crippen molar-refractivity contribution < 1.29 is 22.0 Å². The number of alkyl halides is 3. The number of nitrogens with two attached hydrogens (primary N) is 1. The van der Waals surface area contributed by atoms with Crippen molar-refractivity contribution in [2.24, 2.45) is 0 Å². The van der Waals surface area contributed by atoms with Crippen LogP contribution in [0.1, 0.15) is 5.69 Å². The van der Waals surface area contributed by atoms with Crippen molar-refractivity contribution in [3.63, 3.8) is 0 Å². The van der Waals surface area contributed by atoms with Crippen LogP contribution >= 0.6 is 0 Å². The second-order valence-electron chi connectivity index (χ2n) is 5.03. The van der Waals surface area contributed by atoms with E-state index in [1.54, 1.807) is 0 Å². The summed E-state index contributed by atoms with van der Waals surface area (Å²) < 4.78 is 66.9. The number of rotatable bonds is 2. The summed E-state index contributed by atoms with van der Waals surface area (Å²) in [6.45, 7) is 0. The number of anilines is 1. The maximum Gasteiger partial charge on any atom is 0.435 e. The van der Waals surface area contributed by atoms with Crippen molar-refractivity contribution in [2.45, 2.75) is 6.18 Å². The Kier molecular flexibility index (Phi) is 3.75. The number of hydrogen-bond acceptors (Lipinski definition) is 2. The van der Waals surface area contributed by atoms with Gasteiger partial charge in [-0.05, 0) is 35.4 Å². The molecule has 0 fully saturated rings. The Morgan fingerprint density at radius 2 is 1.54 bits per heavy atom. The third-order valence-electron chi connectivity index (χ3n) is 3.42. The maximum absolute atomic E-state index is 14.1. The first-order chi connectivity index (χ1) is 11.3. The highest BCUT2D eigenvalue weighted by molar-refractivity contribution is 5.66. The molecule has 2 N–H and O–H groups in total. The zero-order chi connectivity index (χ0) is 17.5. The average molecular weight is 339 g/mol. The molecule has 0 spiro atoms. The van der Waals surface area contributed by atoms with E-state index in [0.717, 1.165) is 12.3 Å². The Morgan fingerprint density at radius 1 is 0.917 bits per heavy atom. The molecule has 0 aliphatic carbocycles. The van der Waals surface area contributed by atoms with Crippen molar-refractivity contribution >= 4 is 5.69 Å². The van der Waals surface area contributed by atoms with Gasteiger partial charge in [0, 0.05) is 0 Å². The third-order valence-corrected chi connectivity index (χ3v) is 3.42. The van der Waals surface area contributed by atoms with Gasteiger partial charge in [-0.3, -0.25) is 0 Å². The molecule has 0 radical (unpaired) electrons. The molecule has 0 bridgehead atoms. The van der Waals surface area contributed by atoms with Crippen LogP contribution in [0, 0.1) is 11.6 Å². The van der Waals surface area contributed by atoms with Gasteiger partial charge in [-0.15, -0.1) is 0 Å². The average Bonchev–Trinajstić information content (AvgIpc) is 2.90. The molecule has 0 unspecified atom stereocenters. The zero-order valence-electron chi connectivity index (χ0n) is 12.0. The number of aromatic nitrogens is 2. The molecule has 0 aliphatic heterocycles. The molecule has 124 valence electrons. The van der Waals surface area contributed by atoms with E-state index < -0.39 is 34.9 Å². The van der Waals surface area contributed by atoms with Crippen LogP contribution in [0.3, 0.4) is 0 Å². The van der Waals surface area contributed by atoms with Crippen LogP contribution in [-0.4, -0.2) is 9.78 Å². The Labute approximate surface area is 133 Å². The predicted octanol–water partition coefficient (Wildman–Crippen LogP) is 4.42. The summed E-state index contributed by atoms with van der Waals surface area (Å²) in [5, 5.41) is 3.53. The molecule has 3 nitrogen and oxygen atoms in total. The van der Waals surface area contributed by atoms with Gasteiger partial charge in [-0.25, -0.2) is 13.5 Å². The Balaban J connectivity index is 2.16. The SMILES string of the molecule is Nc1cnn(-c2cc(-c3ccc(F)cc3)ccc2F)c1C(F)(F)F. The smallest absolute Gasteiger partial charge is 0.396 e. The molecule has 1 heterocycles. The van der Waals surface area contributed by atoms with Gasteiger partial charge in [0.25, 0.3) is 0 Å². The first-order valence-corrected chi connectivity index (χ1v) is 6.74. The maximum atomic E-state index is 14.1. The van der Waals surface area contributed by atoms with Crippen molar-refractivity contribution in [1.82, 2.24) is 9.78 Å². The van der Waals surface area contributed by atoms with Crippen LogP contribution < -0.4 is 5.73 Å². The molecule has 1 aromatic heterocycles. The summed E-state index contributed by atoms with van der Waals surface area (Å²) in [4.78, 5) is 0. The van der Waals surface area contributed by atoms with Crippen LogP contribution in [0.4, 0.5) is 27.6 Å². The quantitative estimate of drug-likeness (QED) is 0.703. The monoisotopic (exact) mass is 339 g/mol. The number of hydrogen-bond donors (Lipinski definition) is 1. The second kappa shape index (κ2) is 5.63. The van der Waals surface area contributed by atoms with Crippen molar-refractivity contribution in [1.29, 1.82) is 0 Å². The number of halogens is 5. The molecule has 8 heteroatoms. The Morgan fingerprint density at radius 3 is 2.17 bits per heavy atom. The normalized spacial score (nSPS) is 11.7. The third kappa shape index (κ3) is 2.82. The van der Waals surface area contributed by atoms with E-state index in [0.29, 0.717) is 15.8 Å². The Hall–Kier alpha value is -2.90. The molecule has 3 aromatic rings. The molecule has 0 amide bonds. The van der Waals surface area contributed by atoms with Crippen LogP contribution in [0.2, 0.25) is 0 Å². The lowest BCUT2D eigenvalue weighted by Gasteiger charge is -2.13. The number of nitrogen functional groups attached to an aromatic ring is 1. The summed E-state index contributed by atoms with van der Waals surface area (Å²) in [7, 11) is 0. The first-order valence-electron chi connectivity index (χ1n) is 6.74. The highest BCUT2D eigenvalue weighted by atomic mass is 19.4. The van der Waals surface area contributed by atoms with Crippen molar-refractivity contribution in [3.05, 3.63) is 66.0 Å². The zero-order valence-corrected chi connectivity index (χ0v) is 12.0. The summed E-state index contributed by atoms with van der Waals surface area (Å²) in [5.41, 5.74) is 3.99. The van der Waals surface area contributed by atoms with E-state index in [2.05, 4.69) is 5.10 Å². The lowest BCUT2D eigenvalue weighted by atomic mass is 10.0. The van der Waals surface area contributed by atoms with Gasteiger partial charge < -0.3 is 5.73 Å². The van der Waals surface area contributed by atoms with Crippen molar-refractivity contribution in [3.8, 4) is 16.8 Å².